The molecule has 0 spiro atoms. The maximum absolute atomic E-state index is 12.4. The summed E-state index contributed by atoms with van der Waals surface area (Å²) in [7, 11) is 0. The van der Waals surface area contributed by atoms with Crippen LogP contribution in [0.1, 0.15) is 30.1 Å². The number of hydrogen-bond acceptors (Lipinski definition) is 4. The maximum Gasteiger partial charge on any atom is 0.573 e. The average molecular weight is 331 g/mol. The number of benzene rings is 1. The summed E-state index contributed by atoms with van der Waals surface area (Å²) in [6.45, 7) is 1.72. The fraction of sp³-hybridized carbons (Fsp3) is 0.467. The zero-order chi connectivity index (χ0) is 17.0. The molecule has 1 aromatic carbocycles. The van der Waals surface area contributed by atoms with E-state index >= 15 is 0 Å². The number of nitrogens with zero attached hydrogens (tertiary/aromatic N) is 1. The minimum Gasteiger partial charge on any atom is -0.465 e. The van der Waals surface area contributed by atoms with E-state index in [1.807, 2.05) is 0 Å². The van der Waals surface area contributed by atoms with Gasteiger partial charge in [-0.3, -0.25) is 9.59 Å². The number of rotatable bonds is 6. The van der Waals surface area contributed by atoms with Crippen LogP contribution in [0.4, 0.5) is 13.2 Å². The lowest BCUT2D eigenvalue weighted by atomic mass is 10.2. The van der Waals surface area contributed by atoms with Crippen molar-refractivity contribution in [2.75, 3.05) is 13.2 Å². The molecule has 0 N–H and O–H groups in total. The van der Waals surface area contributed by atoms with Crippen molar-refractivity contribution in [3.63, 3.8) is 0 Å². The molecule has 0 heterocycles. The van der Waals surface area contributed by atoms with Crippen molar-refractivity contribution in [3.8, 4) is 5.75 Å². The van der Waals surface area contributed by atoms with E-state index in [1.54, 1.807) is 6.92 Å². The molecular formula is C15H16F3NO4. The van der Waals surface area contributed by atoms with E-state index in [2.05, 4.69) is 4.74 Å². The predicted octanol–water partition coefficient (Wildman–Crippen LogP) is 2.75. The fourth-order valence-electron chi connectivity index (χ4n) is 2.06. The molecule has 1 aromatic rings. The Hall–Kier alpha value is -2.25. The topological polar surface area (TPSA) is 55.8 Å². The molecule has 0 bridgehead atoms. The molecule has 23 heavy (non-hydrogen) atoms. The molecule has 5 nitrogen and oxygen atoms in total. The van der Waals surface area contributed by atoms with Gasteiger partial charge in [0.1, 0.15) is 12.3 Å². The van der Waals surface area contributed by atoms with Crippen LogP contribution in [0.5, 0.6) is 5.75 Å². The molecule has 1 amide bonds. The van der Waals surface area contributed by atoms with Gasteiger partial charge in [-0.05, 0) is 44.0 Å². The van der Waals surface area contributed by atoms with Crippen LogP contribution in [-0.4, -0.2) is 42.3 Å². The number of carbonyl (C=O) groups excluding carboxylic acids is 2. The third-order valence-corrected chi connectivity index (χ3v) is 3.19. The zero-order valence-electron chi connectivity index (χ0n) is 12.4. The second-order valence-electron chi connectivity index (χ2n) is 5.04. The Bertz CT molecular complexity index is 567. The van der Waals surface area contributed by atoms with E-state index in [0.29, 0.717) is 0 Å². The van der Waals surface area contributed by atoms with Gasteiger partial charge in [0.15, 0.2) is 0 Å². The van der Waals surface area contributed by atoms with Gasteiger partial charge in [-0.1, -0.05) is 0 Å². The van der Waals surface area contributed by atoms with Crippen LogP contribution in [0.15, 0.2) is 24.3 Å². The lowest BCUT2D eigenvalue weighted by Crippen LogP contribution is -2.38. The Kier molecular flexibility index (Phi) is 5.12. The van der Waals surface area contributed by atoms with Crippen LogP contribution >= 0.6 is 0 Å². The number of hydrogen-bond donors (Lipinski definition) is 0. The highest BCUT2D eigenvalue weighted by molar-refractivity contribution is 5.96. The Balaban J connectivity index is 2.06. The molecule has 0 aliphatic heterocycles. The molecular weight excluding hydrogens is 315 g/mol. The summed E-state index contributed by atoms with van der Waals surface area (Å²) in [6.07, 6.45) is -3.20. The van der Waals surface area contributed by atoms with Crippen LogP contribution in [0, 0.1) is 0 Å². The van der Waals surface area contributed by atoms with E-state index in [0.717, 1.165) is 25.0 Å². The van der Waals surface area contributed by atoms with Crippen molar-refractivity contribution in [2.24, 2.45) is 0 Å². The zero-order valence-corrected chi connectivity index (χ0v) is 12.4. The standard InChI is InChI=1S/C15H16F3NO4/c1-2-22-13(20)9-19(11-5-6-11)14(21)10-3-7-12(8-4-10)23-15(16,17)18/h3-4,7-8,11H,2,5-6,9H2,1H3. The van der Waals surface area contributed by atoms with E-state index in [9.17, 15) is 22.8 Å². The monoisotopic (exact) mass is 331 g/mol. The molecule has 1 fully saturated rings. The van der Waals surface area contributed by atoms with Crippen LogP contribution in [-0.2, 0) is 9.53 Å². The number of amides is 1. The van der Waals surface area contributed by atoms with Crippen molar-refractivity contribution in [1.82, 2.24) is 4.90 Å². The molecule has 0 atom stereocenters. The summed E-state index contributed by atoms with van der Waals surface area (Å²) in [5.41, 5.74) is 0.190. The minimum absolute atomic E-state index is 0.0296. The number of ether oxygens (including phenoxy) is 2. The Morgan fingerprint density at radius 3 is 2.30 bits per heavy atom. The summed E-state index contributed by atoms with van der Waals surface area (Å²) in [4.78, 5) is 25.4. The molecule has 1 saturated carbocycles. The van der Waals surface area contributed by atoms with Gasteiger partial charge in [-0.15, -0.1) is 13.2 Å². The summed E-state index contributed by atoms with van der Waals surface area (Å²) >= 11 is 0. The largest absolute Gasteiger partial charge is 0.573 e. The van der Waals surface area contributed by atoms with E-state index in [-0.39, 0.29) is 24.8 Å². The minimum atomic E-state index is -4.78. The maximum atomic E-state index is 12.4. The summed E-state index contributed by atoms with van der Waals surface area (Å²) in [6, 6.07) is 4.58. The van der Waals surface area contributed by atoms with E-state index < -0.39 is 24.0 Å². The van der Waals surface area contributed by atoms with Crippen molar-refractivity contribution >= 4 is 11.9 Å². The summed E-state index contributed by atoms with van der Waals surface area (Å²) in [5, 5.41) is 0. The molecule has 0 radical (unpaired) electrons. The van der Waals surface area contributed by atoms with Crippen molar-refractivity contribution < 1.29 is 32.2 Å². The van der Waals surface area contributed by atoms with Gasteiger partial charge in [0.2, 0.25) is 0 Å². The van der Waals surface area contributed by atoms with Crippen LogP contribution < -0.4 is 4.74 Å². The van der Waals surface area contributed by atoms with Gasteiger partial charge in [0.05, 0.1) is 6.61 Å². The normalized spacial score (nSPS) is 14.3. The lowest BCUT2D eigenvalue weighted by molar-refractivity contribution is -0.274. The van der Waals surface area contributed by atoms with Gasteiger partial charge < -0.3 is 14.4 Å². The SMILES string of the molecule is CCOC(=O)CN(C(=O)c1ccc(OC(F)(F)F)cc1)C1CC1. The summed E-state index contributed by atoms with van der Waals surface area (Å²) < 4.78 is 44.9. The van der Waals surface area contributed by atoms with Crippen LogP contribution in [0.25, 0.3) is 0 Å². The molecule has 1 aliphatic rings. The highest BCUT2D eigenvalue weighted by Crippen LogP contribution is 2.29. The first-order chi connectivity index (χ1) is 10.8. The highest BCUT2D eigenvalue weighted by Gasteiger charge is 2.35. The van der Waals surface area contributed by atoms with Crippen LogP contribution in [0.2, 0.25) is 0 Å². The first kappa shape index (κ1) is 17.1. The third kappa shape index (κ3) is 5.15. The van der Waals surface area contributed by atoms with Gasteiger partial charge in [-0.2, -0.15) is 0 Å². The lowest BCUT2D eigenvalue weighted by Gasteiger charge is -2.21. The van der Waals surface area contributed by atoms with Gasteiger partial charge >= 0.3 is 12.3 Å². The molecule has 8 heteroatoms. The third-order valence-electron chi connectivity index (χ3n) is 3.19. The Morgan fingerprint density at radius 1 is 1.22 bits per heavy atom. The highest BCUT2D eigenvalue weighted by atomic mass is 19.4. The van der Waals surface area contributed by atoms with Gasteiger partial charge in [0, 0.05) is 11.6 Å². The number of halogens is 3. The quantitative estimate of drug-likeness (QED) is 0.752. The smallest absolute Gasteiger partial charge is 0.465 e. The second-order valence-corrected chi connectivity index (χ2v) is 5.04. The van der Waals surface area contributed by atoms with Crippen LogP contribution in [0.3, 0.4) is 0 Å². The summed E-state index contributed by atoms with van der Waals surface area (Å²) in [5.74, 6) is -1.33. The first-order valence-electron chi connectivity index (χ1n) is 7.12. The average Bonchev–Trinajstić information content (AvgIpc) is 3.28. The Labute approximate surface area is 131 Å². The molecule has 2 rings (SSSR count). The molecule has 1 aliphatic carbocycles. The molecule has 126 valence electrons. The van der Waals surface area contributed by atoms with Crippen molar-refractivity contribution in [2.45, 2.75) is 32.2 Å². The first-order valence-corrected chi connectivity index (χ1v) is 7.12. The van der Waals surface area contributed by atoms with E-state index in [4.69, 9.17) is 4.74 Å². The fourth-order valence-corrected chi connectivity index (χ4v) is 2.06. The van der Waals surface area contributed by atoms with Crippen molar-refractivity contribution in [1.29, 1.82) is 0 Å². The Morgan fingerprint density at radius 2 is 1.83 bits per heavy atom. The predicted molar refractivity (Wildman–Crippen MR) is 73.8 cm³/mol. The number of carbonyl (C=O) groups is 2. The molecule has 0 unspecified atom stereocenters. The second kappa shape index (κ2) is 6.89. The van der Waals surface area contributed by atoms with E-state index in [1.165, 1.54) is 17.0 Å². The molecule has 0 aromatic heterocycles. The number of esters is 1. The molecule has 0 saturated heterocycles. The van der Waals surface area contributed by atoms with Gasteiger partial charge in [-0.25, -0.2) is 0 Å². The van der Waals surface area contributed by atoms with Gasteiger partial charge in [0.25, 0.3) is 5.91 Å². The number of alkyl halides is 3. The van der Waals surface area contributed by atoms with Crippen molar-refractivity contribution in [3.05, 3.63) is 29.8 Å².